The van der Waals surface area contributed by atoms with E-state index in [-0.39, 0.29) is 0 Å². The van der Waals surface area contributed by atoms with Gasteiger partial charge in [-0.2, -0.15) is 0 Å². The summed E-state index contributed by atoms with van der Waals surface area (Å²) in [5, 5.41) is 5.33. The Hall–Kier alpha value is -1.66. The van der Waals surface area contributed by atoms with E-state index in [1.165, 1.54) is 0 Å². The van der Waals surface area contributed by atoms with Crippen LogP contribution in [-0.2, 0) is 10.0 Å². The highest BCUT2D eigenvalue weighted by Crippen LogP contribution is 2.20. The van der Waals surface area contributed by atoms with Gasteiger partial charge in [-0.05, 0) is 25.3 Å². The maximum Gasteiger partial charge on any atom is 0.209 e. The van der Waals surface area contributed by atoms with E-state index in [2.05, 4.69) is 15.0 Å². The normalized spacial score (nSPS) is 12.6. The number of rotatable bonds is 5. The Morgan fingerprint density at radius 3 is 2.60 bits per heavy atom. The molecule has 0 radical (unpaired) electrons. The molecule has 2 aromatic rings. The summed E-state index contributed by atoms with van der Waals surface area (Å²) >= 11 is 0. The molecule has 2 N–H and O–H groups in total. The molecule has 6 heteroatoms. The molecule has 20 heavy (non-hydrogen) atoms. The molecule has 0 aliphatic carbocycles. The molecule has 0 aliphatic rings. The number of anilines is 1. The van der Waals surface area contributed by atoms with Crippen LogP contribution < -0.4 is 10.0 Å². The fourth-order valence-corrected chi connectivity index (χ4v) is 3.18. The predicted molar refractivity (Wildman–Crippen MR) is 82.3 cm³/mol. The lowest BCUT2D eigenvalue weighted by molar-refractivity contribution is 0.476. The minimum Gasteiger partial charge on any atom is -0.368 e. The lowest BCUT2D eigenvalue weighted by Crippen LogP contribution is -2.47. The van der Waals surface area contributed by atoms with E-state index >= 15 is 0 Å². The van der Waals surface area contributed by atoms with Crippen LogP contribution in [0.2, 0.25) is 0 Å². The predicted octanol–water partition coefficient (Wildman–Crippen LogP) is 1.97. The first-order chi connectivity index (χ1) is 9.27. The number of benzene rings is 1. The second-order valence-electron chi connectivity index (χ2n) is 5.49. The van der Waals surface area contributed by atoms with Crippen LogP contribution >= 0.6 is 0 Å². The Morgan fingerprint density at radius 2 is 1.90 bits per heavy atom. The van der Waals surface area contributed by atoms with E-state index in [1.54, 1.807) is 6.20 Å². The topological polar surface area (TPSA) is 71.1 Å². The summed E-state index contributed by atoms with van der Waals surface area (Å²) in [4.78, 5) is 4.32. The zero-order chi connectivity index (χ0) is 14.8. The number of hydrogen-bond acceptors (Lipinski definition) is 4. The Balaban J connectivity index is 2.17. The second kappa shape index (κ2) is 5.38. The van der Waals surface area contributed by atoms with E-state index in [0.29, 0.717) is 6.54 Å². The highest BCUT2D eigenvalue weighted by atomic mass is 32.2. The molecule has 0 bridgehead atoms. The van der Waals surface area contributed by atoms with Gasteiger partial charge in [0.25, 0.3) is 0 Å². The second-order valence-corrected chi connectivity index (χ2v) is 7.24. The molecule has 0 atom stereocenters. The zero-order valence-corrected chi connectivity index (χ0v) is 12.7. The third-order valence-electron chi connectivity index (χ3n) is 2.83. The molecule has 0 saturated carbocycles. The molecule has 0 aliphatic heterocycles. The number of nitrogens with zero attached hydrogens (tertiary/aromatic N) is 1. The monoisotopic (exact) mass is 293 g/mol. The van der Waals surface area contributed by atoms with Crippen molar-refractivity contribution in [2.75, 3.05) is 18.1 Å². The van der Waals surface area contributed by atoms with Gasteiger partial charge in [-0.25, -0.2) is 18.1 Å². The van der Waals surface area contributed by atoms with E-state index < -0.39 is 15.6 Å². The SMILES string of the molecule is CC(C)(CNc1nccc2ccccc12)NS(C)(=O)=O. The van der Waals surface area contributed by atoms with E-state index in [4.69, 9.17) is 0 Å². The van der Waals surface area contributed by atoms with Crippen LogP contribution in [0.15, 0.2) is 36.5 Å². The van der Waals surface area contributed by atoms with Crippen LogP contribution in [-0.4, -0.2) is 31.7 Å². The molecule has 5 nitrogen and oxygen atoms in total. The van der Waals surface area contributed by atoms with Crippen molar-refractivity contribution in [3.63, 3.8) is 0 Å². The van der Waals surface area contributed by atoms with Gasteiger partial charge in [0.15, 0.2) is 0 Å². The van der Waals surface area contributed by atoms with Crippen molar-refractivity contribution in [2.24, 2.45) is 0 Å². The average Bonchev–Trinajstić information content (AvgIpc) is 2.33. The summed E-state index contributed by atoms with van der Waals surface area (Å²) in [6.45, 7) is 4.10. The van der Waals surface area contributed by atoms with Gasteiger partial charge >= 0.3 is 0 Å². The summed E-state index contributed by atoms with van der Waals surface area (Å²) in [6, 6.07) is 9.88. The zero-order valence-electron chi connectivity index (χ0n) is 11.8. The van der Waals surface area contributed by atoms with Gasteiger partial charge in [0.05, 0.1) is 6.26 Å². The van der Waals surface area contributed by atoms with Crippen LogP contribution in [0, 0.1) is 0 Å². The number of fused-ring (bicyclic) bond motifs is 1. The molecule has 0 saturated heterocycles. The minimum absolute atomic E-state index is 0.446. The van der Waals surface area contributed by atoms with Crippen LogP contribution in [0.25, 0.3) is 10.8 Å². The van der Waals surface area contributed by atoms with Crippen molar-refractivity contribution in [3.05, 3.63) is 36.5 Å². The molecular weight excluding hydrogens is 274 g/mol. The first kappa shape index (κ1) is 14.7. The Morgan fingerprint density at radius 1 is 1.20 bits per heavy atom. The molecule has 108 valence electrons. The summed E-state index contributed by atoms with van der Waals surface area (Å²) in [5.74, 6) is 0.756. The van der Waals surface area contributed by atoms with Crippen molar-refractivity contribution < 1.29 is 8.42 Å². The molecular formula is C14H19N3O2S. The average molecular weight is 293 g/mol. The standard InChI is InChI=1S/C14H19N3O2S/c1-14(2,17-20(3,18)19)10-16-13-12-7-5-4-6-11(12)8-9-15-13/h4-9,17H,10H2,1-3H3,(H,15,16). The summed E-state index contributed by atoms with van der Waals surface area (Å²) < 4.78 is 25.2. The van der Waals surface area contributed by atoms with E-state index in [1.807, 2.05) is 44.2 Å². The van der Waals surface area contributed by atoms with Gasteiger partial charge in [0.1, 0.15) is 5.82 Å². The largest absolute Gasteiger partial charge is 0.368 e. The van der Waals surface area contributed by atoms with Gasteiger partial charge in [-0.15, -0.1) is 0 Å². The third-order valence-corrected chi connectivity index (χ3v) is 3.76. The number of hydrogen-bond donors (Lipinski definition) is 2. The van der Waals surface area contributed by atoms with Crippen LogP contribution in [0.1, 0.15) is 13.8 Å². The van der Waals surface area contributed by atoms with Crippen molar-refractivity contribution >= 4 is 26.6 Å². The molecule has 1 heterocycles. The molecule has 0 unspecified atom stereocenters. The van der Waals surface area contributed by atoms with Crippen molar-refractivity contribution in [2.45, 2.75) is 19.4 Å². The highest BCUT2D eigenvalue weighted by molar-refractivity contribution is 7.88. The summed E-state index contributed by atoms with van der Waals surface area (Å²) in [7, 11) is -3.24. The summed E-state index contributed by atoms with van der Waals surface area (Å²) in [6.07, 6.45) is 2.90. The maximum atomic E-state index is 11.3. The molecule has 0 spiro atoms. The third kappa shape index (κ3) is 3.91. The van der Waals surface area contributed by atoms with Crippen molar-refractivity contribution in [3.8, 4) is 0 Å². The quantitative estimate of drug-likeness (QED) is 0.884. The summed E-state index contributed by atoms with van der Waals surface area (Å²) in [5.41, 5.74) is -0.591. The van der Waals surface area contributed by atoms with Crippen molar-refractivity contribution in [1.29, 1.82) is 0 Å². The fourth-order valence-electron chi connectivity index (χ4n) is 2.10. The molecule has 1 aromatic carbocycles. The maximum absolute atomic E-state index is 11.3. The number of pyridine rings is 1. The first-order valence-electron chi connectivity index (χ1n) is 6.33. The van der Waals surface area contributed by atoms with Crippen LogP contribution in [0.3, 0.4) is 0 Å². The van der Waals surface area contributed by atoms with Crippen molar-refractivity contribution in [1.82, 2.24) is 9.71 Å². The smallest absolute Gasteiger partial charge is 0.209 e. The molecule has 0 fully saturated rings. The highest BCUT2D eigenvalue weighted by Gasteiger charge is 2.22. The van der Waals surface area contributed by atoms with Gasteiger partial charge in [-0.1, -0.05) is 24.3 Å². The molecule has 1 aromatic heterocycles. The number of sulfonamides is 1. The fraction of sp³-hybridized carbons (Fsp3) is 0.357. The first-order valence-corrected chi connectivity index (χ1v) is 8.23. The lowest BCUT2D eigenvalue weighted by atomic mass is 10.1. The Bertz CT molecular complexity index is 706. The van der Waals surface area contributed by atoms with Crippen LogP contribution in [0.4, 0.5) is 5.82 Å². The van der Waals surface area contributed by atoms with Gasteiger partial charge < -0.3 is 5.32 Å². The number of nitrogens with one attached hydrogen (secondary N) is 2. The lowest BCUT2D eigenvalue weighted by Gasteiger charge is -2.25. The molecule has 2 rings (SSSR count). The minimum atomic E-state index is -3.24. The van der Waals surface area contributed by atoms with Crippen LogP contribution in [0.5, 0.6) is 0 Å². The number of aromatic nitrogens is 1. The van der Waals surface area contributed by atoms with Gasteiger partial charge in [-0.3, -0.25) is 0 Å². The Labute approximate surface area is 119 Å². The van der Waals surface area contributed by atoms with Gasteiger partial charge in [0, 0.05) is 23.7 Å². The van der Waals surface area contributed by atoms with E-state index in [9.17, 15) is 8.42 Å². The molecule has 0 amide bonds. The Kier molecular flexibility index (Phi) is 3.96. The van der Waals surface area contributed by atoms with Gasteiger partial charge in [0.2, 0.25) is 10.0 Å². The van der Waals surface area contributed by atoms with E-state index in [0.717, 1.165) is 22.8 Å².